The number of aromatic hydroxyl groups is 1. The van der Waals surface area contributed by atoms with E-state index in [4.69, 9.17) is 11.6 Å². The number of hydrogen-bond acceptors (Lipinski definition) is 5. The number of hydrogen-bond donors (Lipinski definition) is 2. The van der Waals surface area contributed by atoms with E-state index >= 15 is 4.39 Å². The molecule has 8 heteroatoms. The van der Waals surface area contributed by atoms with Gasteiger partial charge in [-0.05, 0) is 88.2 Å². The number of likely N-dealkylation sites (tertiary alicyclic amines) is 1. The Bertz CT molecular complexity index is 1280. The highest BCUT2D eigenvalue weighted by molar-refractivity contribution is 6.32. The lowest BCUT2D eigenvalue weighted by Gasteiger charge is -2.32. The van der Waals surface area contributed by atoms with Crippen molar-refractivity contribution in [3.05, 3.63) is 52.7 Å². The third kappa shape index (κ3) is 5.04. The monoisotopic (exact) mass is 513 g/mol. The summed E-state index contributed by atoms with van der Waals surface area (Å²) in [6.07, 6.45) is 8.31. The molecule has 1 saturated heterocycles. The summed E-state index contributed by atoms with van der Waals surface area (Å²) in [6.45, 7) is 5.06. The van der Waals surface area contributed by atoms with Gasteiger partial charge in [0.05, 0.1) is 21.8 Å². The molecule has 36 heavy (non-hydrogen) atoms. The van der Waals surface area contributed by atoms with Gasteiger partial charge in [-0.2, -0.15) is 0 Å². The molecule has 2 heterocycles. The summed E-state index contributed by atoms with van der Waals surface area (Å²) in [5.74, 6) is -1.65. The van der Waals surface area contributed by atoms with E-state index in [2.05, 4.69) is 15.2 Å². The first kappa shape index (κ1) is 24.9. The van der Waals surface area contributed by atoms with Crippen molar-refractivity contribution in [1.82, 2.24) is 9.88 Å². The maximum absolute atomic E-state index is 15.1. The van der Waals surface area contributed by atoms with Crippen LogP contribution in [0.4, 0.5) is 14.5 Å². The number of carbonyl (C=O) groups is 1. The average molecular weight is 514 g/mol. The van der Waals surface area contributed by atoms with Crippen LogP contribution in [0.1, 0.15) is 55.8 Å². The van der Waals surface area contributed by atoms with Crippen molar-refractivity contribution in [3.63, 3.8) is 0 Å². The van der Waals surface area contributed by atoms with Crippen molar-refractivity contribution < 1.29 is 18.7 Å². The van der Waals surface area contributed by atoms with Gasteiger partial charge in [-0.15, -0.1) is 0 Å². The van der Waals surface area contributed by atoms with E-state index < -0.39 is 17.4 Å². The number of anilines is 1. The summed E-state index contributed by atoms with van der Waals surface area (Å²) >= 11 is 5.95. The van der Waals surface area contributed by atoms with Crippen LogP contribution in [0.25, 0.3) is 22.0 Å². The molecule has 2 aliphatic rings. The molecule has 0 spiro atoms. The highest BCUT2D eigenvalue weighted by Crippen LogP contribution is 2.38. The summed E-state index contributed by atoms with van der Waals surface area (Å²) in [5, 5.41) is 13.6. The Labute approximate surface area is 214 Å². The van der Waals surface area contributed by atoms with Crippen molar-refractivity contribution in [1.29, 1.82) is 0 Å². The zero-order valence-corrected chi connectivity index (χ0v) is 21.0. The van der Waals surface area contributed by atoms with Crippen LogP contribution in [0.5, 0.6) is 5.75 Å². The summed E-state index contributed by atoms with van der Waals surface area (Å²) < 4.78 is 29.2. The van der Waals surface area contributed by atoms with Gasteiger partial charge >= 0.3 is 0 Å². The smallest absolute Gasteiger partial charge is 0.170 e. The lowest BCUT2D eigenvalue weighted by Crippen LogP contribution is -2.33. The number of ketones is 1. The van der Waals surface area contributed by atoms with Crippen molar-refractivity contribution in [2.75, 3.05) is 25.0 Å². The van der Waals surface area contributed by atoms with Crippen LogP contribution in [0, 0.1) is 17.6 Å². The Morgan fingerprint density at radius 1 is 1.11 bits per heavy atom. The molecule has 190 valence electrons. The van der Waals surface area contributed by atoms with E-state index in [1.807, 2.05) is 0 Å². The maximum Gasteiger partial charge on any atom is 0.170 e. The first-order valence-corrected chi connectivity index (χ1v) is 13.0. The molecule has 2 N–H and O–H groups in total. The van der Waals surface area contributed by atoms with E-state index in [1.165, 1.54) is 51.2 Å². The zero-order chi connectivity index (χ0) is 25.4. The van der Waals surface area contributed by atoms with E-state index in [0.717, 1.165) is 38.3 Å². The first-order chi connectivity index (χ1) is 17.3. The predicted molar refractivity (Wildman–Crippen MR) is 139 cm³/mol. The minimum absolute atomic E-state index is 0.114. The fourth-order valence-corrected chi connectivity index (χ4v) is 5.81. The van der Waals surface area contributed by atoms with Crippen LogP contribution < -0.4 is 5.32 Å². The Kier molecular flexibility index (Phi) is 7.13. The maximum atomic E-state index is 15.1. The van der Waals surface area contributed by atoms with Gasteiger partial charge in [0.1, 0.15) is 5.82 Å². The molecule has 2 aromatic carbocycles. The quantitative estimate of drug-likeness (QED) is 0.354. The Morgan fingerprint density at radius 2 is 1.83 bits per heavy atom. The number of phenolic OH excluding ortho intramolecular Hbond substituents is 1. The number of halogens is 3. The third-order valence-electron chi connectivity index (χ3n) is 7.57. The molecule has 0 bridgehead atoms. The second-order valence-corrected chi connectivity index (χ2v) is 10.5. The van der Waals surface area contributed by atoms with E-state index in [9.17, 15) is 14.3 Å². The van der Waals surface area contributed by atoms with Crippen LogP contribution in [0.15, 0.2) is 30.5 Å². The summed E-state index contributed by atoms with van der Waals surface area (Å²) in [6, 6.07) is 5.42. The molecule has 5 rings (SSSR count). The number of fused-ring (bicyclic) bond motifs is 1. The Morgan fingerprint density at radius 3 is 2.50 bits per heavy atom. The van der Waals surface area contributed by atoms with Gasteiger partial charge in [0.2, 0.25) is 0 Å². The molecule has 3 aromatic rings. The number of nitrogens with one attached hydrogen (secondary N) is 1. The van der Waals surface area contributed by atoms with Crippen molar-refractivity contribution in [3.8, 4) is 16.9 Å². The number of pyridine rings is 1. The van der Waals surface area contributed by atoms with Crippen LogP contribution in [0.2, 0.25) is 5.02 Å². The van der Waals surface area contributed by atoms with Crippen LogP contribution in [0.3, 0.4) is 0 Å². The molecule has 5 nitrogen and oxygen atoms in total. The number of aromatic nitrogens is 1. The minimum atomic E-state index is -0.934. The van der Waals surface area contributed by atoms with Gasteiger partial charge in [-0.1, -0.05) is 11.6 Å². The minimum Gasteiger partial charge on any atom is -0.504 e. The molecular formula is C28H30ClF2N3O2. The Hall–Kier alpha value is -2.77. The molecule has 0 amide bonds. The summed E-state index contributed by atoms with van der Waals surface area (Å²) in [5.41, 5.74) is 1.77. The lowest BCUT2D eigenvalue weighted by molar-refractivity contribution is 0.101. The van der Waals surface area contributed by atoms with Gasteiger partial charge in [-0.3, -0.25) is 9.78 Å². The van der Waals surface area contributed by atoms with E-state index in [0.29, 0.717) is 28.1 Å². The second-order valence-electron chi connectivity index (χ2n) is 10.1. The number of phenols is 1. The van der Waals surface area contributed by atoms with Crippen molar-refractivity contribution in [2.45, 2.75) is 51.5 Å². The van der Waals surface area contributed by atoms with Crippen LogP contribution in [-0.2, 0) is 0 Å². The largest absolute Gasteiger partial charge is 0.504 e. The van der Waals surface area contributed by atoms with Gasteiger partial charge in [0.15, 0.2) is 17.3 Å². The average Bonchev–Trinajstić information content (AvgIpc) is 3.36. The highest BCUT2D eigenvalue weighted by Gasteiger charge is 2.26. The molecule has 1 aliphatic heterocycles. The number of rotatable bonds is 6. The standard InChI is InChI=1S/C28H30ClF2N3O2/c1-16(35)22-14-32-26-13-24(30)20(18-10-23(29)28(36)25(31)11-18)12-21(26)27(22)33-19-6-4-17(5-7-19)15-34-8-2-3-9-34/h10-14,17,19,36H,2-9,15H2,1H3,(H,32,33). The molecule has 1 aromatic heterocycles. The summed E-state index contributed by atoms with van der Waals surface area (Å²) in [7, 11) is 0. The molecular weight excluding hydrogens is 484 g/mol. The molecule has 1 saturated carbocycles. The van der Waals surface area contributed by atoms with E-state index in [1.54, 1.807) is 6.07 Å². The van der Waals surface area contributed by atoms with Crippen molar-refractivity contribution in [2.24, 2.45) is 5.92 Å². The number of benzene rings is 2. The van der Waals surface area contributed by atoms with Gasteiger partial charge in [-0.25, -0.2) is 8.78 Å². The Balaban J connectivity index is 1.46. The topological polar surface area (TPSA) is 65.5 Å². The molecule has 0 radical (unpaired) electrons. The van der Waals surface area contributed by atoms with Crippen LogP contribution in [-0.4, -0.2) is 46.4 Å². The second kappa shape index (κ2) is 10.3. The zero-order valence-electron chi connectivity index (χ0n) is 20.3. The summed E-state index contributed by atoms with van der Waals surface area (Å²) in [4.78, 5) is 19.4. The number of carbonyl (C=O) groups excluding carboxylic acids is 1. The molecule has 0 atom stereocenters. The third-order valence-corrected chi connectivity index (χ3v) is 7.86. The van der Waals surface area contributed by atoms with Crippen molar-refractivity contribution >= 4 is 34.0 Å². The van der Waals surface area contributed by atoms with Gasteiger partial charge in [0.25, 0.3) is 0 Å². The van der Waals surface area contributed by atoms with Gasteiger partial charge in [0, 0.05) is 35.8 Å². The first-order valence-electron chi connectivity index (χ1n) is 12.6. The van der Waals surface area contributed by atoms with E-state index in [-0.39, 0.29) is 28.0 Å². The normalized spacial score (nSPS) is 20.7. The van der Waals surface area contributed by atoms with Gasteiger partial charge < -0.3 is 15.3 Å². The highest BCUT2D eigenvalue weighted by atomic mass is 35.5. The fourth-order valence-electron chi connectivity index (χ4n) is 5.60. The predicted octanol–water partition coefficient (Wildman–Crippen LogP) is 6.81. The molecule has 2 fully saturated rings. The fraction of sp³-hybridized carbons (Fsp3) is 0.429. The molecule has 0 unspecified atom stereocenters. The number of Topliss-reactive ketones (excluding diaryl/α,β-unsaturated/α-hetero) is 1. The number of nitrogens with zero attached hydrogens (tertiary/aromatic N) is 2. The van der Waals surface area contributed by atoms with Crippen LogP contribution >= 0.6 is 11.6 Å². The SMILES string of the molecule is CC(=O)c1cnc2cc(F)c(-c3cc(F)c(O)c(Cl)c3)cc2c1NC1CCC(CN2CCCC2)CC1. The molecule has 1 aliphatic carbocycles. The lowest BCUT2D eigenvalue weighted by atomic mass is 9.85.